The number of hydrazone groups is 1. The van der Waals surface area contributed by atoms with Gasteiger partial charge in [-0.3, -0.25) is 4.79 Å². The van der Waals surface area contributed by atoms with Gasteiger partial charge in [-0.25, -0.2) is 5.43 Å². The Hall–Kier alpha value is -1.84. The van der Waals surface area contributed by atoms with Crippen LogP contribution in [0.5, 0.6) is 5.75 Å². The first kappa shape index (κ1) is 27.2. The Morgan fingerprint density at radius 3 is 1.74 bits per heavy atom. The smallest absolute Gasteiger partial charge is 0.240 e. The number of benzene rings is 1. The second kappa shape index (κ2) is 20.1. The van der Waals surface area contributed by atoms with Crippen LogP contribution in [0.4, 0.5) is 0 Å². The summed E-state index contributed by atoms with van der Waals surface area (Å²) in [5.74, 6) is 0.841. The highest BCUT2D eigenvalue weighted by molar-refractivity contribution is 5.82. The zero-order chi connectivity index (χ0) is 22.4. The van der Waals surface area contributed by atoms with Crippen molar-refractivity contribution in [3.63, 3.8) is 0 Å². The molecule has 0 heterocycles. The Kier molecular flexibility index (Phi) is 17.6. The van der Waals surface area contributed by atoms with Gasteiger partial charge >= 0.3 is 0 Å². The lowest BCUT2D eigenvalue weighted by atomic mass is 10.0. The summed E-state index contributed by atoms with van der Waals surface area (Å²) in [4.78, 5) is 11.9. The third-order valence-corrected chi connectivity index (χ3v) is 5.60. The van der Waals surface area contributed by atoms with E-state index >= 15 is 0 Å². The summed E-state index contributed by atoms with van der Waals surface area (Å²) in [5, 5.41) is 4.04. The van der Waals surface area contributed by atoms with Crippen LogP contribution in [0.25, 0.3) is 0 Å². The molecule has 0 spiro atoms. The van der Waals surface area contributed by atoms with Crippen LogP contribution >= 0.6 is 0 Å². The molecule has 1 rings (SSSR count). The normalized spacial score (nSPS) is 11.2. The molecule has 0 radical (unpaired) electrons. The Morgan fingerprint density at radius 2 is 1.26 bits per heavy atom. The maximum atomic E-state index is 11.9. The molecule has 0 atom stereocenters. The predicted octanol–water partition coefficient (Wildman–Crippen LogP) is 7.80. The number of nitrogens with one attached hydrogen (secondary N) is 1. The minimum Gasteiger partial charge on any atom is -0.494 e. The van der Waals surface area contributed by atoms with Crippen molar-refractivity contribution in [2.24, 2.45) is 5.10 Å². The van der Waals surface area contributed by atoms with Gasteiger partial charge in [0.2, 0.25) is 5.91 Å². The number of nitrogens with zero attached hydrogens (tertiary/aromatic N) is 1. The van der Waals surface area contributed by atoms with Crippen LogP contribution < -0.4 is 10.2 Å². The number of carbonyl (C=O) groups excluding carboxylic acids is 1. The van der Waals surface area contributed by atoms with Crippen LogP contribution in [-0.2, 0) is 4.79 Å². The summed E-state index contributed by atoms with van der Waals surface area (Å²) in [6.07, 6.45) is 22.2. The maximum Gasteiger partial charge on any atom is 0.240 e. The average molecular weight is 431 g/mol. The third-order valence-electron chi connectivity index (χ3n) is 5.60. The van der Waals surface area contributed by atoms with Gasteiger partial charge in [-0.15, -0.1) is 0 Å². The lowest BCUT2D eigenvalue weighted by Gasteiger charge is -2.04. The molecule has 1 amide bonds. The molecule has 0 fully saturated rings. The number of hydrogen-bond acceptors (Lipinski definition) is 3. The molecule has 1 N–H and O–H groups in total. The SMILES string of the molecule is CCCCCCCCCCCCCCCCCC(=O)NN=Cc1ccc(OCC)cc1. The van der Waals surface area contributed by atoms with Crippen molar-refractivity contribution in [1.29, 1.82) is 0 Å². The van der Waals surface area contributed by atoms with Gasteiger partial charge < -0.3 is 4.74 Å². The van der Waals surface area contributed by atoms with E-state index in [-0.39, 0.29) is 5.91 Å². The van der Waals surface area contributed by atoms with Crippen LogP contribution in [0.2, 0.25) is 0 Å². The fraction of sp³-hybridized carbons (Fsp3) is 0.704. The highest BCUT2D eigenvalue weighted by Crippen LogP contribution is 2.14. The second-order valence-electron chi connectivity index (χ2n) is 8.49. The number of ether oxygens (including phenoxy) is 1. The first-order chi connectivity index (χ1) is 15.3. The van der Waals surface area contributed by atoms with Gasteiger partial charge in [0, 0.05) is 6.42 Å². The molecule has 0 aliphatic carbocycles. The molecule has 1 aromatic rings. The van der Waals surface area contributed by atoms with Gasteiger partial charge in [0.05, 0.1) is 12.8 Å². The van der Waals surface area contributed by atoms with Crippen molar-refractivity contribution >= 4 is 12.1 Å². The quantitative estimate of drug-likeness (QED) is 0.130. The molecule has 4 nitrogen and oxygen atoms in total. The summed E-state index contributed by atoms with van der Waals surface area (Å²) in [6, 6.07) is 7.66. The van der Waals surface area contributed by atoms with Crippen molar-refractivity contribution in [3.05, 3.63) is 29.8 Å². The zero-order valence-electron chi connectivity index (χ0n) is 20.2. The summed E-state index contributed by atoms with van der Waals surface area (Å²) in [5.41, 5.74) is 3.56. The van der Waals surface area contributed by atoms with E-state index in [1.165, 1.54) is 83.5 Å². The van der Waals surface area contributed by atoms with Crippen molar-refractivity contribution in [3.8, 4) is 5.75 Å². The second-order valence-corrected chi connectivity index (χ2v) is 8.49. The number of rotatable bonds is 20. The zero-order valence-corrected chi connectivity index (χ0v) is 20.2. The lowest BCUT2D eigenvalue weighted by Crippen LogP contribution is -2.16. The van der Waals surface area contributed by atoms with E-state index in [0.717, 1.165) is 24.2 Å². The van der Waals surface area contributed by atoms with E-state index in [1.807, 2.05) is 31.2 Å². The molecule has 1 aromatic carbocycles. The summed E-state index contributed by atoms with van der Waals surface area (Å²) >= 11 is 0. The molecule has 0 bridgehead atoms. The molecule has 0 unspecified atom stereocenters. The first-order valence-electron chi connectivity index (χ1n) is 12.8. The van der Waals surface area contributed by atoms with Crippen molar-refractivity contribution in [1.82, 2.24) is 5.43 Å². The molecule has 0 aromatic heterocycles. The monoisotopic (exact) mass is 430 g/mol. The van der Waals surface area contributed by atoms with Crippen LogP contribution in [0.15, 0.2) is 29.4 Å². The number of amides is 1. The van der Waals surface area contributed by atoms with Gasteiger partial charge in [-0.2, -0.15) is 5.10 Å². The molecular formula is C27H46N2O2. The molecule has 0 aliphatic rings. The Labute approximate surface area is 191 Å². The fourth-order valence-electron chi connectivity index (χ4n) is 3.71. The fourth-order valence-corrected chi connectivity index (χ4v) is 3.71. The van der Waals surface area contributed by atoms with Crippen LogP contribution in [0, 0.1) is 0 Å². The molecule has 0 aliphatic heterocycles. The Morgan fingerprint density at radius 1 is 0.774 bits per heavy atom. The number of unbranched alkanes of at least 4 members (excludes halogenated alkanes) is 14. The topological polar surface area (TPSA) is 50.7 Å². The average Bonchev–Trinajstić information content (AvgIpc) is 2.78. The first-order valence-corrected chi connectivity index (χ1v) is 12.8. The van der Waals surface area contributed by atoms with Gasteiger partial charge in [0.1, 0.15) is 5.75 Å². The Balaban J connectivity index is 1.88. The van der Waals surface area contributed by atoms with Crippen molar-refractivity contribution in [2.45, 2.75) is 117 Å². The van der Waals surface area contributed by atoms with E-state index in [0.29, 0.717) is 13.0 Å². The van der Waals surface area contributed by atoms with Crippen molar-refractivity contribution in [2.75, 3.05) is 6.61 Å². The van der Waals surface area contributed by atoms with Gasteiger partial charge in [-0.1, -0.05) is 96.8 Å². The summed E-state index contributed by atoms with van der Waals surface area (Å²) in [7, 11) is 0. The predicted molar refractivity (Wildman–Crippen MR) is 133 cm³/mol. The standard InChI is InChI=1S/C27H46N2O2/c1-3-5-6-7-8-9-10-11-12-13-14-15-16-17-18-19-27(30)29-28-24-25-20-22-26(23-21-25)31-4-2/h20-24H,3-19H2,1-2H3,(H,29,30). The van der Waals surface area contributed by atoms with E-state index in [2.05, 4.69) is 17.5 Å². The third kappa shape index (κ3) is 16.5. The molecule has 176 valence electrons. The van der Waals surface area contributed by atoms with Gasteiger partial charge in [0.15, 0.2) is 0 Å². The number of carbonyl (C=O) groups is 1. The summed E-state index contributed by atoms with van der Waals surface area (Å²) < 4.78 is 5.41. The van der Waals surface area contributed by atoms with Gasteiger partial charge in [-0.05, 0) is 43.2 Å². The minimum atomic E-state index is -0.00289. The van der Waals surface area contributed by atoms with Gasteiger partial charge in [0.25, 0.3) is 0 Å². The molecule has 0 saturated carbocycles. The van der Waals surface area contributed by atoms with Crippen LogP contribution in [0.3, 0.4) is 0 Å². The highest BCUT2D eigenvalue weighted by atomic mass is 16.5. The largest absolute Gasteiger partial charge is 0.494 e. The van der Waals surface area contributed by atoms with Crippen molar-refractivity contribution < 1.29 is 9.53 Å². The highest BCUT2D eigenvalue weighted by Gasteiger charge is 2.00. The summed E-state index contributed by atoms with van der Waals surface area (Å²) in [6.45, 7) is 4.89. The van der Waals surface area contributed by atoms with E-state index in [4.69, 9.17) is 4.74 Å². The van der Waals surface area contributed by atoms with E-state index in [9.17, 15) is 4.79 Å². The van der Waals surface area contributed by atoms with Crippen LogP contribution in [0.1, 0.15) is 122 Å². The minimum absolute atomic E-state index is 0.00289. The molecule has 0 saturated heterocycles. The molecule has 31 heavy (non-hydrogen) atoms. The lowest BCUT2D eigenvalue weighted by molar-refractivity contribution is -0.121. The maximum absolute atomic E-state index is 11.9. The number of hydrogen-bond donors (Lipinski definition) is 1. The molecular weight excluding hydrogens is 384 g/mol. The van der Waals surface area contributed by atoms with Crippen LogP contribution in [-0.4, -0.2) is 18.7 Å². The molecule has 4 heteroatoms. The van der Waals surface area contributed by atoms with E-state index in [1.54, 1.807) is 6.21 Å². The van der Waals surface area contributed by atoms with E-state index < -0.39 is 0 Å². The Bertz CT molecular complexity index is 569.